The number of aromatic amines is 1. The zero-order valence-corrected chi connectivity index (χ0v) is 10.4. The Kier molecular flexibility index (Phi) is 3.19. The highest BCUT2D eigenvalue weighted by molar-refractivity contribution is 7.10. The number of H-pyrrole nitrogens is 1. The Morgan fingerprint density at radius 1 is 1.59 bits per heavy atom. The highest BCUT2D eigenvalue weighted by Crippen LogP contribution is 2.26. The molecule has 0 aliphatic rings. The van der Waals surface area contributed by atoms with E-state index in [-0.39, 0.29) is 17.1 Å². The van der Waals surface area contributed by atoms with Gasteiger partial charge in [-0.05, 0) is 16.7 Å². The van der Waals surface area contributed by atoms with E-state index < -0.39 is 0 Å². The van der Waals surface area contributed by atoms with E-state index in [0.717, 1.165) is 0 Å². The molecule has 17 heavy (non-hydrogen) atoms. The summed E-state index contributed by atoms with van der Waals surface area (Å²) < 4.78 is 0. The van der Waals surface area contributed by atoms with Crippen molar-refractivity contribution in [3.63, 3.8) is 0 Å². The monoisotopic (exact) mass is 251 g/mol. The summed E-state index contributed by atoms with van der Waals surface area (Å²) in [6.07, 6.45) is 0. The number of carbonyl (C=O) groups is 1. The molecule has 90 valence electrons. The van der Waals surface area contributed by atoms with Gasteiger partial charge in [0.25, 0.3) is 11.7 Å². The van der Waals surface area contributed by atoms with Crippen LogP contribution in [0.25, 0.3) is 0 Å². The van der Waals surface area contributed by atoms with Crippen molar-refractivity contribution in [3.05, 3.63) is 28.2 Å². The minimum atomic E-state index is -0.316. The second-order valence-corrected chi connectivity index (χ2v) is 5.23. The molecule has 0 aliphatic heterocycles. The van der Waals surface area contributed by atoms with Gasteiger partial charge in [-0.2, -0.15) is 5.21 Å². The average Bonchev–Trinajstić information content (AvgIpc) is 2.97. The summed E-state index contributed by atoms with van der Waals surface area (Å²) in [5.74, 6) is -0.254. The molecule has 0 saturated heterocycles. The summed E-state index contributed by atoms with van der Waals surface area (Å²) >= 11 is 1.68. The number of hydrogen-bond acceptors (Lipinski definition) is 5. The summed E-state index contributed by atoms with van der Waals surface area (Å²) in [7, 11) is 0. The molecule has 6 nitrogen and oxygen atoms in total. The molecular formula is C10H13N5OS. The first kappa shape index (κ1) is 11.7. The second kappa shape index (κ2) is 4.62. The lowest BCUT2D eigenvalue weighted by molar-refractivity contribution is 0.0935. The van der Waals surface area contributed by atoms with Crippen LogP contribution in [0.3, 0.4) is 0 Å². The molecule has 2 heterocycles. The van der Waals surface area contributed by atoms with Gasteiger partial charge in [-0.15, -0.1) is 21.5 Å². The molecule has 2 aromatic heterocycles. The lowest BCUT2D eigenvalue weighted by Crippen LogP contribution is -2.36. The standard InChI is InChI=1S/C10H13N5OS/c1-10(2,7-4-3-5-17-7)6-11-9(16)8-12-14-15-13-8/h3-5H,6H2,1-2H3,(H,11,16)(H,12,13,14,15). The van der Waals surface area contributed by atoms with E-state index in [1.807, 2.05) is 11.4 Å². The number of thiophene rings is 1. The van der Waals surface area contributed by atoms with Gasteiger partial charge in [-0.3, -0.25) is 4.79 Å². The first-order chi connectivity index (χ1) is 8.09. The molecular weight excluding hydrogens is 238 g/mol. The van der Waals surface area contributed by atoms with Gasteiger partial charge in [0.05, 0.1) is 0 Å². The highest BCUT2D eigenvalue weighted by atomic mass is 32.1. The Morgan fingerprint density at radius 3 is 3.00 bits per heavy atom. The first-order valence-corrected chi connectivity index (χ1v) is 6.03. The maximum atomic E-state index is 11.6. The molecule has 0 spiro atoms. The third-order valence-electron chi connectivity index (χ3n) is 2.43. The predicted octanol–water partition coefficient (Wildman–Crippen LogP) is 0.969. The maximum Gasteiger partial charge on any atom is 0.292 e. The van der Waals surface area contributed by atoms with E-state index in [0.29, 0.717) is 6.54 Å². The van der Waals surface area contributed by atoms with Gasteiger partial charge >= 0.3 is 0 Å². The van der Waals surface area contributed by atoms with Gasteiger partial charge in [-0.25, -0.2) is 0 Å². The number of aromatic nitrogens is 4. The normalized spacial score (nSPS) is 11.4. The fourth-order valence-corrected chi connectivity index (χ4v) is 2.24. The molecule has 0 bridgehead atoms. The molecule has 0 aromatic carbocycles. The molecule has 0 fully saturated rings. The topological polar surface area (TPSA) is 83.6 Å². The second-order valence-electron chi connectivity index (χ2n) is 4.28. The predicted molar refractivity (Wildman–Crippen MR) is 63.9 cm³/mol. The van der Waals surface area contributed by atoms with Crippen molar-refractivity contribution in [2.75, 3.05) is 6.54 Å². The van der Waals surface area contributed by atoms with Crippen LogP contribution in [0.1, 0.15) is 29.3 Å². The van der Waals surface area contributed by atoms with Gasteiger partial charge in [0.1, 0.15) is 0 Å². The Bertz CT molecular complexity index is 477. The van der Waals surface area contributed by atoms with E-state index in [4.69, 9.17) is 0 Å². The molecule has 0 aliphatic carbocycles. The van der Waals surface area contributed by atoms with Crippen LogP contribution in [0.4, 0.5) is 0 Å². The maximum absolute atomic E-state index is 11.6. The minimum absolute atomic E-state index is 0.0620. The SMILES string of the molecule is CC(C)(CNC(=O)c1nn[nH]n1)c1cccs1. The number of hydrogen-bond donors (Lipinski definition) is 2. The average molecular weight is 251 g/mol. The van der Waals surface area contributed by atoms with E-state index in [2.05, 4.69) is 45.9 Å². The Balaban J connectivity index is 1.96. The summed E-state index contributed by atoms with van der Waals surface area (Å²) in [6, 6.07) is 4.06. The van der Waals surface area contributed by atoms with Crippen LogP contribution < -0.4 is 5.32 Å². The number of nitrogens with one attached hydrogen (secondary N) is 2. The summed E-state index contributed by atoms with van der Waals surface area (Å²) in [5.41, 5.74) is -0.104. The molecule has 0 unspecified atom stereocenters. The van der Waals surface area contributed by atoms with Crippen LogP contribution in [0.2, 0.25) is 0 Å². The van der Waals surface area contributed by atoms with Crippen molar-refractivity contribution < 1.29 is 4.79 Å². The van der Waals surface area contributed by atoms with Crippen molar-refractivity contribution >= 4 is 17.2 Å². The summed E-state index contributed by atoms with van der Waals surface area (Å²) in [4.78, 5) is 12.9. The van der Waals surface area contributed by atoms with Crippen LogP contribution in [0.15, 0.2) is 17.5 Å². The van der Waals surface area contributed by atoms with Gasteiger partial charge in [0.2, 0.25) is 0 Å². The van der Waals surface area contributed by atoms with Crippen molar-refractivity contribution in [3.8, 4) is 0 Å². The third-order valence-corrected chi connectivity index (χ3v) is 3.66. The molecule has 2 aromatic rings. The van der Waals surface area contributed by atoms with Crippen LogP contribution in [-0.4, -0.2) is 33.1 Å². The fourth-order valence-electron chi connectivity index (χ4n) is 1.39. The van der Waals surface area contributed by atoms with E-state index in [1.54, 1.807) is 11.3 Å². The zero-order valence-electron chi connectivity index (χ0n) is 9.60. The third kappa shape index (κ3) is 2.68. The zero-order chi connectivity index (χ0) is 12.3. The van der Waals surface area contributed by atoms with Crippen LogP contribution in [0.5, 0.6) is 0 Å². The molecule has 7 heteroatoms. The van der Waals surface area contributed by atoms with Gasteiger partial charge in [0.15, 0.2) is 0 Å². The fraction of sp³-hybridized carbons (Fsp3) is 0.400. The minimum Gasteiger partial charge on any atom is -0.348 e. The Morgan fingerprint density at radius 2 is 2.41 bits per heavy atom. The highest BCUT2D eigenvalue weighted by Gasteiger charge is 2.23. The van der Waals surface area contributed by atoms with Gasteiger partial charge < -0.3 is 5.32 Å². The quantitative estimate of drug-likeness (QED) is 0.848. The Labute approximate surface area is 102 Å². The number of carbonyl (C=O) groups excluding carboxylic acids is 1. The Hall–Kier alpha value is -1.76. The molecule has 0 radical (unpaired) electrons. The smallest absolute Gasteiger partial charge is 0.292 e. The van der Waals surface area contributed by atoms with E-state index >= 15 is 0 Å². The van der Waals surface area contributed by atoms with Gasteiger partial charge in [-0.1, -0.05) is 19.9 Å². The molecule has 1 amide bonds. The summed E-state index contributed by atoms with van der Waals surface area (Å²) in [6.45, 7) is 4.69. The van der Waals surface area contributed by atoms with E-state index in [9.17, 15) is 4.79 Å². The van der Waals surface area contributed by atoms with Crippen molar-refractivity contribution in [2.45, 2.75) is 19.3 Å². The molecule has 0 atom stereocenters. The van der Waals surface area contributed by atoms with E-state index in [1.165, 1.54) is 4.88 Å². The van der Waals surface area contributed by atoms with Crippen molar-refractivity contribution in [1.29, 1.82) is 0 Å². The number of nitrogens with zero attached hydrogens (tertiary/aromatic N) is 3. The van der Waals surface area contributed by atoms with Crippen LogP contribution in [0, 0.1) is 0 Å². The van der Waals surface area contributed by atoms with Crippen LogP contribution >= 0.6 is 11.3 Å². The first-order valence-electron chi connectivity index (χ1n) is 5.15. The lowest BCUT2D eigenvalue weighted by atomic mass is 9.91. The van der Waals surface area contributed by atoms with Crippen LogP contribution in [-0.2, 0) is 5.41 Å². The molecule has 2 N–H and O–H groups in total. The molecule has 0 saturated carbocycles. The molecule has 2 rings (SSSR count). The largest absolute Gasteiger partial charge is 0.348 e. The lowest BCUT2D eigenvalue weighted by Gasteiger charge is -2.23. The summed E-state index contributed by atoms with van der Waals surface area (Å²) in [5, 5.41) is 17.7. The van der Waals surface area contributed by atoms with Crippen molar-refractivity contribution in [2.24, 2.45) is 0 Å². The number of tetrazole rings is 1. The van der Waals surface area contributed by atoms with Crippen molar-refractivity contribution in [1.82, 2.24) is 25.9 Å². The number of amides is 1. The number of rotatable bonds is 4. The van der Waals surface area contributed by atoms with Gasteiger partial charge in [0, 0.05) is 16.8 Å².